The Bertz CT molecular complexity index is 529. The van der Waals surface area contributed by atoms with Crippen LogP contribution in [0.2, 0.25) is 0 Å². The maximum Gasteiger partial charge on any atom is 0.274 e. The second-order valence-electron chi connectivity index (χ2n) is 4.77. The summed E-state index contributed by atoms with van der Waals surface area (Å²) < 4.78 is 0. The molecule has 1 amide bonds. The largest absolute Gasteiger partial charge is 0.337 e. The first-order valence-electron chi connectivity index (χ1n) is 5.80. The highest BCUT2D eigenvalue weighted by molar-refractivity contribution is 5.92. The van der Waals surface area contributed by atoms with Gasteiger partial charge in [-0.1, -0.05) is 0 Å². The third-order valence-corrected chi connectivity index (χ3v) is 3.32. The molecule has 0 unspecified atom stereocenters. The minimum atomic E-state index is -0.338. The van der Waals surface area contributed by atoms with Crippen molar-refractivity contribution < 1.29 is 4.79 Å². The molecule has 0 saturated carbocycles. The molecule has 94 valence electrons. The number of nitriles is 1. The Morgan fingerprint density at radius 1 is 1.50 bits per heavy atom. The van der Waals surface area contributed by atoms with Gasteiger partial charge in [-0.25, -0.2) is 5.10 Å². The first-order chi connectivity index (χ1) is 8.54. The topological polar surface area (TPSA) is 89.9 Å². The number of carbonyl (C=O) groups is 1. The molecule has 0 aromatic carbocycles. The number of H-pyrrole nitrogens is 1. The molecule has 0 bridgehead atoms. The molecule has 0 aliphatic carbocycles. The summed E-state index contributed by atoms with van der Waals surface area (Å²) in [6.45, 7) is 3.00. The summed E-state index contributed by atoms with van der Waals surface area (Å²) in [4.78, 5) is 24.6. The molecule has 1 aliphatic heterocycles. The van der Waals surface area contributed by atoms with Crippen LogP contribution in [0.15, 0.2) is 16.9 Å². The van der Waals surface area contributed by atoms with E-state index in [0.29, 0.717) is 25.9 Å². The fraction of sp³-hybridized carbons (Fsp3) is 0.500. The van der Waals surface area contributed by atoms with Crippen LogP contribution in [0.1, 0.15) is 30.3 Å². The minimum Gasteiger partial charge on any atom is -0.337 e. The second-order valence-corrected chi connectivity index (χ2v) is 4.77. The summed E-state index contributed by atoms with van der Waals surface area (Å²) in [6.07, 6.45) is 1.33. The lowest BCUT2D eigenvalue weighted by Gasteiger charge is -2.34. The van der Waals surface area contributed by atoms with Crippen molar-refractivity contribution in [2.75, 3.05) is 13.1 Å². The van der Waals surface area contributed by atoms with Crippen molar-refractivity contribution in [1.29, 1.82) is 5.26 Å². The Labute approximate surface area is 104 Å². The lowest BCUT2D eigenvalue weighted by atomic mass is 9.82. The minimum absolute atomic E-state index is 0.203. The summed E-state index contributed by atoms with van der Waals surface area (Å²) in [6, 6.07) is 4.98. The molecule has 1 N–H and O–H groups in total. The number of hydrogen-bond acceptors (Lipinski definition) is 4. The van der Waals surface area contributed by atoms with Crippen LogP contribution in [0.4, 0.5) is 0 Å². The van der Waals surface area contributed by atoms with Crippen LogP contribution >= 0.6 is 0 Å². The highest BCUT2D eigenvalue weighted by atomic mass is 16.2. The van der Waals surface area contributed by atoms with Crippen LogP contribution in [0.3, 0.4) is 0 Å². The fourth-order valence-corrected chi connectivity index (χ4v) is 1.94. The average Bonchev–Trinajstić information content (AvgIpc) is 2.40. The summed E-state index contributed by atoms with van der Waals surface area (Å²) in [5.41, 5.74) is -0.438. The Morgan fingerprint density at radius 2 is 2.17 bits per heavy atom. The molecule has 0 spiro atoms. The number of aromatic amines is 1. The number of nitrogens with one attached hydrogen (secondary N) is 1. The fourth-order valence-electron chi connectivity index (χ4n) is 1.94. The Kier molecular flexibility index (Phi) is 3.15. The van der Waals surface area contributed by atoms with E-state index < -0.39 is 0 Å². The number of rotatable bonds is 1. The van der Waals surface area contributed by atoms with Crippen LogP contribution in [0, 0.1) is 16.7 Å². The van der Waals surface area contributed by atoms with Crippen molar-refractivity contribution >= 4 is 5.91 Å². The molecule has 1 aliphatic rings. The normalized spacial score (nSPS) is 18.1. The Hall–Kier alpha value is -2.16. The molecule has 0 radical (unpaired) electrons. The van der Waals surface area contributed by atoms with E-state index in [1.165, 1.54) is 12.1 Å². The molecular weight excluding hydrogens is 232 g/mol. The van der Waals surface area contributed by atoms with Gasteiger partial charge in [0.15, 0.2) is 0 Å². The third kappa shape index (κ3) is 2.40. The first kappa shape index (κ1) is 12.3. The van der Waals surface area contributed by atoms with Crippen molar-refractivity contribution in [2.24, 2.45) is 5.41 Å². The molecule has 6 heteroatoms. The van der Waals surface area contributed by atoms with E-state index in [1.54, 1.807) is 4.90 Å². The number of piperidine rings is 1. The zero-order valence-electron chi connectivity index (χ0n) is 10.1. The molecule has 1 aromatic heterocycles. The standard InChI is InChI=1S/C12H14N4O2/c1-12(8-13)4-6-16(7-5-12)11(18)9-2-3-10(17)15-14-9/h2-3H,4-7H2,1H3,(H,15,17). The summed E-state index contributed by atoms with van der Waals surface area (Å²) in [5, 5.41) is 15.0. The van der Waals surface area contributed by atoms with Crippen molar-refractivity contribution in [1.82, 2.24) is 15.1 Å². The van der Waals surface area contributed by atoms with E-state index >= 15 is 0 Å². The zero-order chi connectivity index (χ0) is 13.2. The summed E-state index contributed by atoms with van der Waals surface area (Å²) >= 11 is 0. The van der Waals surface area contributed by atoms with Gasteiger partial charge < -0.3 is 4.90 Å². The third-order valence-electron chi connectivity index (χ3n) is 3.32. The van der Waals surface area contributed by atoms with Gasteiger partial charge in [0, 0.05) is 19.2 Å². The SMILES string of the molecule is CC1(C#N)CCN(C(=O)c2ccc(=O)[nH]n2)CC1. The summed E-state index contributed by atoms with van der Waals surface area (Å²) in [7, 11) is 0. The number of nitrogens with zero attached hydrogens (tertiary/aromatic N) is 3. The number of hydrogen-bond donors (Lipinski definition) is 1. The number of aromatic nitrogens is 2. The quantitative estimate of drug-likeness (QED) is 0.782. The molecule has 0 atom stereocenters. The maximum atomic E-state index is 12.1. The lowest BCUT2D eigenvalue weighted by Crippen LogP contribution is -2.42. The molecule has 1 saturated heterocycles. The molecule has 2 rings (SSSR count). The Morgan fingerprint density at radius 3 is 2.67 bits per heavy atom. The van der Waals surface area contributed by atoms with Gasteiger partial charge in [0.1, 0.15) is 5.69 Å². The first-order valence-corrected chi connectivity index (χ1v) is 5.80. The molecule has 18 heavy (non-hydrogen) atoms. The smallest absolute Gasteiger partial charge is 0.274 e. The molecule has 1 aromatic rings. The van der Waals surface area contributed by atoms with Gasteiger partial charge >= 0.3 is 0 Å². The van der Waals surface area contributed by atoms with Crippen LogP contribution in [0.5, 0.6) is 0 Å². The van der Waals surface area contributed by atoms with Crippen LogP contribution in [0.25, 0.3) is 0 Å². The van der Waals surface area contributed by atoms with Gasteiger partial charge in [-0.3, -0.25) is 9.59 Å². The molecular formula is C12H14N4O2. The van der Waals surface area contributed by atoms with Gasteiger partial charge in [0.25, 0.3) is 11.5 Å². The number of likely N-dealkylation sites (tertiary alicyclic amines) is 1. The van der Waals surface area contributed by atoms with E-state index in [2.05, 4.69) is 16.3 Å². The van der Waals surface area contributed by atoms with Gasteiger partial charge in [-0.2, -0.15) is 10.4 Å². The van der Waals surface area contributed by atoms with E-state index in [-0.39, 0.29) is 22.6 Å². The average molecular weight is 246 g/mol. The maximum absolute atomic E-state index is 12.1. The second kappa shape index (κ2) is 4.61. The zero-order valence-corrected chi connectivity index (χ0v) is 10.1. The van der Waals surface area contributed by atoms with Crippen molar-refractivity contribution in [3.8, 4) is 6.07 Å². The van der Waals surface area contributed by atoms with Crippen molar-refractivity contribution in [3.63, 3.8) is 0 Å². The van der Waals surface area contributed by atoms with E-state index in [9.17, 15) is 9.59 Å². The highest BCUT2D eigenvalue weighted by Crippen LogP contribution is 2.30. The summed E-state index contributed by atoms with van der Waals surface area (Å²) in [5.74, 6) is -0.203. The van der Waals surface area contributed by atoms with Crippen LogP contribution in [-0.2, 0) is 0 Å². The van der Waals surface area contributed by atoms with E-state index in [4.69, 9.17) is 5.26 Å². The molecule has 1 fully saturated rings. The van der Waals surface area contributed by atoms with E-state index in [1.807, 2.05) is 6.92 Å². The number of carbonyl (C=O) groups excluding carboxylic acids is 1. The lowest BCUT2D eigenvalue weighted by molar-refractivity contribution is 0.0654. The van der Waals surface area contributed by atoms with E-state index in [0.717, 1.165) is 0 Å². The van der Waals surface area contributed by atoms with Gasteiger partial charge in [0.2, 0.25) is 0 Å². The van der Waals surface area contributed by atoms with Crippen LogP contribution < -0.4 is 5.56 Å². The Balaban J connectivity index is 2.06. The predicted molar refractivity (Wildman–Crippen MR) is 63.7 cm³/mol. The molecule has 6 nitrogen and oxygen atoms in total. The highest BCUT2D eigenvalue weighted by Gasteiger charge is 2.32. The van der Waals surface area contributed by atoms with Crippen LogP contribution in [-0.4, -0.2) is 34.1 Å². The van der Waals surface area contributed by atoms with Gasteiger partial charge in [-0.15, -0.1) is 0 Å². The monoisotopic (exact) mass is 246 g/mol. The number of amides is 1. The van der Waals surface area contributed by atoms with Crippen molar-refractivity contribution in [2.45, 2.75) is 19.8 Å². The predicted octanol–water partition coefficient (Wildman–Crippen LogP) is 0.536. The van der Waals surface area contributed by atoms with Gasteiger partial charge in [0.05, 0.1) is 11.5 Å². The van der Waals surface area contributed by atoms with Crippen molar-refractivity contribution in [3.05, 3.63) is 28.2 Å². The molecule has 2 heterocycles. The van der Waals surface area contributed by atoms with Gasteiger partial charge in [-0.05, 0) is 25.8 Å².